The lowest BCUT2D eigenvalue weighted by atomic mass is 9.86. The summed E-state index contributed by atoms with van der Waals surface area (Å²) in [6.45, 7) is 8.08. The normalized spacial score (nSPS) is 27.0. The van der Waals surface area contributed by atoms with Gasteiger partial charge in [-0.25, -0.2) is 4.79 Å². The Balaban J connectivity index is 2.84. The summed E-state index contributed by atoms with van der Waals surface area (Å²) < 4.78 is 0. The summed E-state index contributed by atoms with van der Waals surface area (Å²) >= 11 is 0. The maximum absolute atomic E-state index is 12.2. The van der Waals surface area contributed by atoms with Crippen molar-refractivity contribution in [2.45, 2.75) is 46.2 Å². The molecule has 1 saturated heterocycles. The van der Waals surface area contributed by atoms with E-state index in [1.807, 2.05) is 27.7 Å². The third kappa shape index (κ3) is 2.97. The lowest BCUT2D eigenvalue weighted by molar-refractivity contribution is -0.149. The number of nitrogens with zero attached hydrogens (tertiary/aromatic N) is 1. The number of likely N-dealkylation sites (tertiary alicyclic amines) is 1. The molecule has 1 rings (SSSR count). The molecule has 1 fully saturated rings. The van der Waals surface area contributed by atoms with Gasteiger partial charge in [-0.15, -0.1) is 0 Å². The predicted molar refractivity (Wildman–Crippen MR) is 64.3 cm³/mol. The molecule has 3 N–H and O–H groups in total. The molecule has 5 nitrogen and oxygen atoms in total. The van der Waals surface area contributed by atoms with Crippen LogP contribution in [0.15, 0.2) is 0 Å². The third-order valence-electron chi connectivity index (χ3n) is 3.28. The number of carboxylic acids is 1. The van der Waals surface area contributed by atoms with Crippen LogP contribution >= 0.6 is 0 Å². The SMILES string of the molecule is C[C@H]1C[C@@H](C(=O)O)N(C(=O)C(N)C(C)(C)C)C1. The Labute approximate surface area is 102 Å². The lowest BCUT2D eigenvalue weighted by Gasteiger charge is -2.31. The fourth-order valence-electron chi connectivity index (χ4n) is 2.07. The highest BCUT2D eigenvalue weighted by Gasteiger charge is 2.41. The lowest BCUT2D eigenvalue weighted by Crippen LogP contribution is -2.53. The summed E-state index contributed by atoms with van der Waals surface area (Å²) in [6, 6.07) is -1.37. The van der Waals surface area contributed by atoms with Crippen LogP contribution < -0.4 is 5.73 Å². The van der Waals surface area contributed by atoms with Gasteiger partial charge in [0.05, 0.1) is 6.04 Å². The number of amides is 1. The van der Waals surface area contributed by atoms with Crippen molar-refractivity contribution in [1.29, 1.82) is 0 Å². The Morgan fingerprint density at radius 1 is 1.41 bits per heavy atom. The van der Waals surface area contributed by atoms with E-state index in [9.17, 15) is 9.59 Å². The molecule has 0 aromatic carbocycles. The molecule has 0 bridgehead atoms. The van der Waals surface area contributed by atoms with Crippen molar-refractivity contribution in [2.75, 3.05) is 6.54 Å². The third-order valence-corrected chi connectivity index (χ3v) is 3.28. The van der Waals surface area contributed by atoms with Gasteiger partial charge in [-0.1, -0.05) is 27.7 Å². The molecule has 3 atom stereocenters. The molecular formula is C12H22N2O3. The second-order valence-electron chi connectivity index (χ2n) is 6.03. The first kappa shape index (κ1) is 14.0. The summed E-state index contributed by atoms with van der Waals surface area (Å²) in [5.74, 6) is -0.981. The topological polar surface area (TPSA) is 83.6 Å². The molecule has 1 amide bonds. The van der Waals surface area contributed by atoms with E-state index in [-0.39, 0.29) is 17.2 Å². The van der Waals surface area contributed by atoms with Gasteiger partial charge in [0.25, 0.3) is 0 Å². The average Bonchev–Trinajstić information content (AvgIpc) is 2.56. The number of hydrogen-bond acceptors (Lipinski definition) is 3. The minimum absolute atomic E-state index is 0.215. The van der Waals surface area contributed by atoms with Crippen LogP contribution in [0.3, 0.4) is 0 Å². The van der Waals surface area contributed by atoms with Gasteiger partial charge in [-0.2, -0.15) is 0 Å². The van der Waals surface area contributed by atoms with Crippen molar-refractivity contribution in [2.24, 2.45) is 17.1 Å². The second-order valence-corrected chi connectivity index (χ2v) is 6.03. The Morgan fingerprint density at radius 2 is 1.94 bits per heavy atom. The number of carbonyl (C=O) groups excluding carboxylic acids is 1. The molecular weight excluding hydrogens is 220 g/mol. The van der Waals surface area contributed by atoms with Crippen molar-refractivity contribution in [3.8, 4) is 0 Å². The van der Waals surface area contributed by atoms with Crippen LogP contribution in [0.4, 0.5) is 0 Å². The number of carboxylic acid groups (broad SMARTS) is 1. The fraction of sp³-hybridized carbons (Fsp3) is 0.833. The van der Waals surface area contributed by atoms with E-state index in [1.54, 1.807) is 0 Å². The van der Waals surface area contributed by atoms with Crippen molar-refractivity contribution >= 4 is 11.9 Å². The molecule has 0 aromatic rings. The van der Waals surface area contributed by atoms with E-state index in [0.29, 0.717) is 13.0 Å². The van der Waals surface area contributed by atoms with Crippen LogP contribution in [0.2, 0.25) is 0 Å². The number of rotatable bonds is 2. The van der Waals surface area contributed by atoms with E-state index < -0.39 is 18.1 Å². The van der Waals surface area contributed by atoms with Gasteiger partial charge in [-0.3, -0.25) is 4.79 Å². The number of nitrogens with two attached hydrogens (primary N) is 1. The monoisotopic (exact) mass is 242 g/mol. The Hall–Kier alpha value is -1.10. The number of aliphatic carboxylic acids is 1. The first-order chi connectivity index (χ1) is 7.64. The summed E-state index contributed by atoms with van der Waals surface area (Å²) in [6.07, 6.45) is 0.512. The van der Waals surface area contributed by atoms with Crippen LogP contribution in [0.1, 0.15) is 34.1 Å². The van der Waals surface area contributed by atoms with Crippen molar-refractivity contribution < 1.29 is 14.7 Å². The average molecular weight is 242 g/mol. The highest BCUT2D eigenvalue weighted by Crippen LogP contribution is 2.27. The smallest absolute Gasteiger partial charge is 0.326 e. The predicted octanol–water partition coefficient (Wildman–Crippen LogP) is 0.681. The van der Waals surface area contributed by atoms with Crippen LogP contribution in [0.25, 0.3) is 0 Å². The first-order valence-electron chi connectivity index (χ1n) is 5.93. The molecule has 0 saturated carbocycles. The van der Waals surface area contributed by atoms with Gasteiger partial charge in [0.2, 0.25) is 5.91 Å². The molecule has 17 heavy (non-hydrogen) atoms. The van der Waals surface area contributed by atoms with E-state index in [2.05, 4.69) is 0 Å². The number of carbonyl (C=O) groups is 2. The minimum atomic E-state index is -0.941. The van der Waals surface area contributed by atoms with Gasteiger partial charge < -0.3 is 15.7 Å². The van der Waals surface area contributed by atoms with Crippen LogP contribution in [0.5, 0.6) is 0 Å². The highest BCUT2D eigenvalue weighted by molar-refractivity contribution is 5.88. The summed E-state index contributed by atoms with van der Waals surface area (Å²) in [5.41, 5.74) is 5.54. The van der Waals surface area contributed by atoms with Gasteiger partial charge in [0.15, 0.2) is 0 Å². The Bertz CT molecular complexity index is 322. The van der Waals surface area contributed by atoms with Crippen LogP contribution in [-0.2, 0) is 9.59 Å². The zero-order valence-corrected chi connectivity index (χ0v) is 10.9. The Kier molecular flexibility index (Phi) is 3.81. The molecule has 1 heterocycles. The summed E-state index contributed by atoms with van der Waals surface area (Å²) in [5, 5.41) is 9.10. The van der Waals surface area contributed by atoms with Crippen LogP contribution in [0, 0.1) is 11.3 Å². The van der Waals surface area contributed by atoms with E-state index in [4.69, 9.17) is 10.8 Å². The van der Waals surface area contributed by atoms with E-state index in [1.165, 1.54) is 4.90 Å². The first-order valence-corrected chi connectivity index (χ1v) is 5.93. The van der Waals surface area contributed by atoms with Gasteiger partial charge in [-0.05, 0) is 17.8 Å². The summed E-state index contributed by atoms with van der Waals surface area (Å²) in [7, 11) is 0. The maximum Gasteiger partial charge on any atom is 0.326 e. The van der Waals surface area contributed by atoms with Gasteiger partial charge >= 0.3 is 5.97 Å². The number of hydrogen-bond donors (Lipinski definition) is 2. The van der Waals surface area contributed by atoms with E-state index >= 15 is 0 Å². The molecule has 1 aliphatic rings. The van der Waals surface area contributed by atoms with Crippen molar-refractivity contribution in [3.63, 3.8) is 0 Å². The van der Waals surface area contributed by atoms with Gasteiger partial charge in [0.1, 0.15) is 6.04 Å². The molecule has 0 aromatic heterocycles. The zero-order valence-electron chi connectivity index (χ0n) is 10.9. The second kappa shape index (κ2) is 4.64. The molecule has 1 unspecified atom stereocenters. The van der Waals surface area contributed by atoms with Gasteiger partial charge in [0, 0.05) is 6.54 Å². The molecule has 1 aliphatic heterocycles. The molecule has 0 spiro atoms. The molecule has 0 aliphatic carbocycles. The van der Waals surface area contributed by atoms with E-state index in [0.717, 1.165) is 0 Å². The minimum Gasteiger partial charge on any atom is -0.480 e. The molecule has 98 valence electrons. The zero-order chi connectivity index (χ0) is 13.4. The maximum atomic E-state index is 12.2. The van der Waals surface area contributed by atoms with Crippen molar-refractivity contribution in [3.05, 3.63) is 0 Å². The van der Waals surface area contributed by atoms with Crippen molar-refractivity contribution in [1.82, 2.24) is 4.90 Å². The highest BCUT2D eigenvalue weighted by atomic mass is 16.4. The molecule has 5 heteroatoms. The standard InChI is InChI=1S/C12H22N2O3/c1-7-5-8(11(16)17)14(6-7)10(15)9(13)12(2,3)4/h7-9H,5-6,13H2,1-4H3,(H,16,17)/t7-,8-,9?/m0/s1. The summed E-state index contributed by atoms with van der Waals surface area (Å²) in [4.78, 5) is 24.7. The Morgan fingerprint density at radius 3 is 2.35 bits per heavy atom. The van der Waals surface area contributed by atoms with Crippen LogP contribution in [-0.4, -0.2) is 40.5 Å². The fourth-order valence-corrected chi connectivity index (χ4v) is 2.07. The quantitative estimate of drug-likeness (QED) is 0.746. The molecule has 0 radical (unpaired) electrons. The largest absolute Gasteiger partial charge is 0.480 e.